The summed E-state index contributed by atoms with van der Waals surface area (Å²) in [5, 5.41) is 0.0253. The van der Waals surface area contributed by atoms with Gasteiger partial charge in [0.25, 0.3) is 5.91 Å². The Morgan fingerprint density at radius 1 is 1.03 bits per heavy atom. The van der Waals surface area contributed by atoms with E-state index >= 15 is 0 Å². The number of sulfone groups is 1. The second-order valence-corrected chi connectivity index (χ2v) is 11.7. The van der Waals surface area contributed by atoms with Crippen molar-refractivity contribution in [1.29, 1.82) is 0 Å². The summed E-state index contributed by atoms with van der Waals surface area (Å²) in [7, 11) is -1.68. The van der Waals surface area contributed by atoms with Crippen LogP contribution in [0.5, 0.6) is 0 Å². The molecule has 2 aliphatic heterocycles. The third kappa shape index (κ3) is 5.47. The molecule has 0 spiro atoms. The molecule has 2 aromatic rings. The molecule has 37 heavy (non-hydrogen) atoms. The number of aliphatic imine (C=N–C) groups is 1. The third-order valence-corrected chi connectivity index (χ3v) is 8.72. The Bertz CT molecular complexity index is 1390. The van der Waals surface area contributed by atoms with Crippen molar-refractivity contribution in [3.05, 3.63) is 75.2 Å². The molecule has 2 heterocycles. The number of benzene rings is 2. The van der Waals surface area contributed by atoms with Gasteiger partial charge in [0, 0.05) is 49.6 Å². The van der Waals surface area contributed by atoms with Crippen LogP contribution in [-0.2, 0) is 9.84 Å². The zero-order valence-electron chi connectivity index (χ0n) is 20.3. The van der Waals surface area contributed by atoms with Crippen LogP contribution in [0.25, 0.3) is 0 Å². The van der Waals surface area contributed by atoms with Gasteiger partial charge in [0.1, 0.15) is 17.5 Å². The quantitative estimate of drug-likeness (QED) is 0.583. The molecular formula is C25H26ClF3N4O3S. The second-order valence-electron chi connectivity index (χ2n) is 9.01. The van der Waals surface area contributed by atoms with Crippen LogP contribution < -0.4 is 10.6 Å². The fourth-order valence-electron chi connectivity index (χ4n) is 4.72. The molecule has 7 nitrogen and oxygen atoms in total. The minimum absolute atomic E-state index is 0.0253. The molecule has 1 amide bonds. The molecule has 0 radical (unpaired) electrons. The average molecular weight is 555 g/mol. The van der Waals surface area contributed by atoms with Gasteiger partial charge < -0.3 is 15.5 Å². The SMILES string of the molecule is CN=C(C1=C(N)[C@@H](C)N(C(=O)c2cc(F)cc(N3CCS(=O)(=O)CC3)c2Cl)CC1)c1cc(F)cc(F)c1. The topological polar surface area (TPSA) is 96.1 Å². The number of amides is 1. The van der Waals surface area contributed by atoms with Gasteiger partial charge in [0.2, 0.25) is 0 Å². The van der Waals surface area contributed by atoms with E-state index in [9.17, 15) is 26.4 Å². The lowest BCUT2D eigenvalue weighted by Crippen LogP contribution is -2.46. The van der Waals surface area contributed by atoms with Gasteiger partial charge in [-0.1, -0.05) is 11.6 Å². The molecule has 0 aromatic heterocycles. The number of hydrogen-bond donors (Lipinski definition) is 1. The molecule has 12 heteroatoms. The van der Waals surface area contributed by atoms with Crippen LogP contribution in [0.2, 0.25) is 5.02 Å². The molecule has 4 rings (SSSR count). The van der Waals surface area contributed by atoms with Crippen LogP contribution in [0.15, 0.2) is 46.6 Å². The summed E-state index contributed by atoms with van der Waals surface area (Å²) < 4.78 is 65.8. The van der Waals surface area contributed by atoms with Crippen molar-refractivity contribution >= 4 is 38.7 Å². The van der Waals surface area contributed by atoms with Crippen LogP contribution in [0.1, 0.15) is 29.3 Å². The monoisotopic (exact) mass is 554 g/mol. The zero-order chi connectivity index (χ0) is 27.1. The van der Waals surface area contributed by atoms with Crippen molar-refractivity contribution in [3.63, 3.8) is 0 Å². The van der Waals surface area contributed by atoms with Crippen molar-refractivity contribution < 1.29 is 26.4 Å². The molecule has 2 aromatic carbocycles. The van der Waals surface area contributed by atoms with E-state index in [2.05, 4.69) is 4.99 Å². The van der Waals surface area contributed by atoms with Crippen LogP contribution in [0.3, 0.4) is 0 Å². The van der Waals surface area contributed by atoms with Gasteiger partial charge in [0.15, 0.2) is 9.84 Å². The number of nitrogens with zero attached hydrogens (tertiary/aromatic N) is 3. The molecule has 0 bridgehead atoms. The second kappa shape index (κ2) is 10.4. The zero-order valence-corrected chi connectivity index (χ0v) is 21.8. The van der Waals surface area contributed by atoms with Gasteiger partial charge >= 0.3 is 0 Å². The summed E-state index contributed by atoms with van der Waals surface area (Å²) in [6.07, 6.45) is 0.247. The summed E-state index contributed by atoms with van der Waals surface area (Å²) in [5.41, 5.74) is 7.99. The maximum atomic E-state index is 14.6. The average Bonchev–Trinajstić information content (AvgIpc) is 2.83. The Kier molecular flexibility index (Phi) is 7.57. The van der Waals surface area contributed by atoms with Gasteiger partial charge in [0.05, 0.1) is 39.5 Å². The summed E-state index contributed by atoms with van der Waals surface area (Å²) in [6.45, 7) is 2.14. The van der Waals surface area contributed by atoms with E-state index in [1.54, 1.807) is 11.8 Å². The molecule has 0 aliphatic carbocycles. The summed E-state index contributed by atoms with van der Waals surface area (Å²) in [5.74, 6) is -2.91. The lowest BCUT2D eigenvalue weighted by molar-refractivity contribution is 0.0706. The Morgan fingerprint density at radius 3 is 2.22 bits per heavy atom. The highest BCUT2D eigenvalue weighted by atomic mass is 35.5. The Labute approximate surface area is 218 Å². The van der Waals surface area contributed by atoms with E-state index in [4.69, 9.17) is 17.3 Å². The molecule has 2 N–H and O–H groups in total. The molecule has 1 saturated heterocycles. The normalized spacial score (nSPS) is 20.4. The molecule has 0 unspecified atom stereocenters. The maximum Gasteiger partial charge on any atom is 0.256 e. The van der Waals surface area contributed by atoms with E-state index in [1.165, 1.54) is 18.0 Å². The largest absolute Gasteiger partial charge is 0.400 e. The number of nitrogens with two attached hydrogens (primary N) is 1. The minimum atomic E-state index is -3.17. The Hall–Kier alpha value is -3.05. The lowest BCUT2D eigenvalue weighted by atomic mass is 9.91. The van der Waals surface area contributed by atoms with Gasteiger partial charge in [-0.2, -0.15) is 0 Å². The van der Waals surface area contributed by atoms with E-state index < -0.39 is 39.2 Å². The Balaban J connectivity index is 1.64. The third-order valence-electron chi connectivity index (χ3n) is 6.71. The molecular weight excluding hydrogens is 529 g/mol. The van der Waals surface area contributed by atoms with Crippen LogP contribution in [0, 0.1) is 17.5 Å². The van der Waals surface area contributed by atoms with Crippen molar-refractivity contribution in [2.45, 2.75) is 19.4 Å². The van der Waals surface area contributed by atoms with E-state index in [0.717, 1.165) is 24.3 Å². The summed E-state index contributed by atoms with van der Waals surface area (Å²) in [6, 6.07) is 4.67. The summed E-state index contributed by atoms with van der Waals surface area (Å²) in [4.78, 5) is 20.8. The number of carbonyl (C=O) groups excluding carboxylic acids is 1. The van der Waals surface area contributed by atoms with Crippen LogP contribution in [-0.4, -0.2) is 69.2 Å². The number of rotatable bonds is 4. The van der Waals surface area contributed by atoms with E-state index in [0.29, 0.717) is 17.0 Å². The summed E-state index contributed by atoms with van der Waals surface area (Å²) >= 11 is 6.56. The molecule has 2 aliphatic rings. The first-order valence-corrected chi connectivity index (χ1v) is 13.8. The van der Waals surface area contributed by atoms with Gasteiger partial charge in [-0.15, -0.1) is 0 Å². The first-order valence-electron chi connectivity index (χ1n) is 11.6. The van der Waals surface area contributed by atoms with E-state index in [-0.39, 0.29) is 59.4 Å². The highest BCUT2D eigenvalue weighted by molar-refractivity contribution is 7.91. The van der Waals surface area contributed by atoms with Gasteiger partial charge in [-0.25, -0.2) is 21.6 Å². The fourth-order valence-corrected chi connectivity index (χ4v) is 6.23. The lowest BCUT2D eigenvalue weighted by Gasteiger charge is -2.36. The minimum Gasteiger partial charge on any atom is -0.400 e. The Morgan fingerprint density at radius 2 is 1.62 bits per heavy atom. The first kappa shape index (κ1) is 27.0. The van der Waals surface area contributed by atoms with Crippen molar-refractivity contribution in [2.24, 2.45) is 10.7 Å². The highest BCUT2D eigenvalue weighted by Gasteiger charge is 2.33. The van der Waals surface area contributed by atoms with Crippen molar-refractivity contribution in [3.8, 4) is 0 Å². The predicted molar refractivity (Wildman–Crippen MR) is 137 cm³/mol. The molecule has 1 atom stereocenters. The van der Waals surface area contributed by atoms with Gasteiger partial charge in [-0.05, 0) is 37.6 Å². The van der Waals surface area contributed by atoms with Crippen LogP contribution >= 0.6 is 11.6 Å². The number of carbonyl (C=O) groups is 1. The number of anilines is 1. The molecule has 1 fully saturated rings. The number of halogens is 4. The maximum absolute atomic E-state index is 14.6. The van der Waals surface area contributed by atoms with Crippen molar-refractivity contribution in [2.75, 3.05) is 43.1 Å². The predicted octanol–water partition coefficient (Wildman–Crippen LogP) is 3.56. The number of hydrogen-bond acceptors (Lipinski definition) is 6. The van der Waals surface area contributed by atoms with Gasteiger partial charge in [-0.3, -0.25) is 9.79 Å². The van der Waals surface area contributed by atoms with Crippen LogP contribution in [0.4, 0.5) is 18.9 Å². The fraction of sp³-hybridized carbons (Fsp3) is 0.360. The van der Waals surface area contributed by atoms with E-state index in [1.807, 2.05) is 0 Å². The standard InChI is InChI=1S/C25H26ClF3N4O3S/c1-14-23(30)19(24(31-2)15-9-16(27)11-17(28)10-15)3-4-33(14)25(34)20-12-18(29)13-21(22(20)26)32-5-7-37(35,36)8-6-32/h9-14H,3-8,30H2,1-2H3/t14-/m1/s1. The highest BCUT2D eigenvalue weighted by Crippen LogP contribution is 2.34. The first-order chi connectivity index (χ1) is 17.4. The van der Waals surface area contributed by atoms with Crippen molar-refractivity contribution in [1.82, 2.24) is 4.90 Å². The molecule has 0 saturated carbocycles. The smallest absolute Gasteiger partial charge is 0.256 e. The molecule has 198 valence electrons.